The van der Waals surface area contributed by atoms with Crippen LogP contribution in [0.4, 0.5) is 0 Å². The minimum absolute atomic E-state index is 0.0627. The maximum Gasteiger partial charge on any atom is 0.140 e. The topological polar surface area (TPSA) is 26.3 Å². The molecular formula is C15H20O2S. The first-order chi connectivity index (χ1) is 8.77. The Morgan fingerprint density at radius 3 is 3.00 bits per heavy atom. The quantitative estimate of drug-likeness (QED) is 0.834. The van der Waals surface area contributed by atoms with E-state index >= 15 is 0 Å². The Hall–Kier alpha value is -0.670. The molecule has 1 aromatic heterocycles. The summed E-state index contributed by atoms with van der Waals surface area (Å²) in [7, 11) is 0. The van der Waals surface area contributed by atoms with Crippen LogP contribution < -0.4 is 0 Å². The largest absolute Gasteiger partial charge is 0.375 e. The van der Waals surface area contributed by atoms with Gasteiger partial charge in [-0.25, -0.2) is 0 Å². The van der Waals surface area contributed by atoms with Gasteiger partial charge in [-0.1, -0.05) is 12.8 Å². The van der Waals surface area contributed by atoms with E-state index in [9.17, 15) is 4.79 Å². The van der Waals surface area contributed by atoms with Crippen LogP contribution >= 0.6 is 11.3 Å². The van der Waals surface area contributed by atoms with Crippen molar-refractivity contribution in [2.45, 2.75) is 50.5 Å². The summed E-state index contributed by atoms with van der Waals surface area (Å²) in [5, 5.41) is 4.13. The van der Waals surface area contributed by atoms with Crippen LogP contribution in [-0.2, 0) is 16.0 Å². The number of ether oxygens (including phenoxy) is 1. The minimum Gasteiger partial charge on any atom is -0.375 e. The number of carbonyl (C=O) groups excluding carboxylic acids is 1. The van der Waals surface area contributed by atoms with Gasteiger partial charge < -0.3 is 4.74 Å². The second-order valence-electron chi connectivity index (χ2n) is 5.70. The predicted molar refractivity (Wildman–Crippen MR) is 72.9 cm³/mol. The summed E-state index contributed by atoms with van der Waals surface area (Å²) in [6, 6.07) is 2.06. The van der Waals surface area contributed by atoms with E-state index in [0.29, 0.717) is 12.2 Å². The van der Waals surface area contributed by atoms with Crippen LogP contribution in [-0.4, -0.2) is 18.0 Å². The van der Waals surface area contributed by atoms with E-state index in [1.807, 2.05) is 5.38 Å². The number of Topliss-reactive ketones (excluding diaryl/α,β-unsaturated/α-hetero) is 1. The predicted octanol–water partition coefficient (Wildman–Crippen LogP) is 3.60. The minimum atomic E-state index is 0.0627. The number of ketones is 1. The van der Waals surface area contributed by atoms with E-state index in [0.717, 1.165) is 32.3 Å². The average molecular weight is 264 g/mol. The molecule has 0 N–H and O–H groups in total. The molecule has 0 amide bonds. The number of thiophene rings is 1. The molecule has 3 heteroatoms. The molecule has 0 radical (unpaired) electrons. The van der Waals surface area contributed by atoms with Crippen LogP contribution in [0.2, 0.25) is 0 Å². The Morgan fingerprint density at radius 1 is 1.44 bits per heavy atom. The van der Waals surface area contributed by atoms with Crippen molar-refractivity contribution in [2.75, 3.05) is 6.61 Å². The van der Waals surface area contributed by atoms with Crippen LogP contribution in [0.3, 0.4) is 0 Å². The highest BCUT2D eigenvalue weighted by Crippen LogP contribution is 2.42. The molecule has 1 aliphatic heterocycles. The Labute approximate surface area is 112 Å². The first kappa shape index (κ1) is 12.4. The van der Waals surface area contributed by atoms with Crippen LogP contribution in [0, 0.1) is 5.92 Å². The molecule has 3 rings (SSSR count). The Bertz CT molecular complexity index is 404. The van der Waals surface area contributed by atoms with Crippen LogP contribution in [0.5, 0.6) is 0 Å². The molecule has 1 spiro atoms. The molecule has 1 aliphatic carbocycles. The molecule has 2 fully saturated rings. The van der Waals surface area contributed by atoms with Crippen molar-refractivity contribution >= 4 is 17.1 Å². The fourth-order valence-corrected chi connectivity index (χ4v) is 4.08. The Balaban J connectivity index is 1.63. The van der Waals surface area contributed by atoms with E-state index in [4.69, 9.17) is 4.74 Å². The highest BCUT2D eigenvalue weighted by Gasteiger charge is 2.41. The van der Waals surface area contributed by atoms with Crippen molar-refractivity contribution in [3.8, 4) is 0 Å². The molecule has 1 unspecified atom stereocenters. The second-order valence-corrected chi connectivity index (χ2v) is 6.48. The van der Waals surface area contributed by atoms with Crippen molar-refractivity contribution in [3.63, 3.8) is 0 Å². The summed E-state index contributed by atoms with van der Waals surface area (Å²) in [6.45, 7) is 0.778. The van der Waals surface area contributed by atoms with Gasteiger partial charge in [0.2, 0.25) is 0 Å². The zero-order valence-corrected chi connectivity index (χ0v) is 11.5. The maximum absolute atomic E-state index is 12.4. The van der Waals surface area contributed by atoms with Gasteiger partial charge in [0, 0.05) is 18.9 Å². The summed E-state index contributed by atoms with van der Waals surface area (Å²) in [6.07, 6.45) is 7.37. The molecule has 1 saturated heterocycles. The summed E-state index contributed by atoms with van der Waals surface area (Å²) in [4.78, 5) is 12.4. The van der Waals surface area contributed by atoms with Gasteiger partial charge in [0.1, 0.15) is 5.78 Å². The van der Waals surface area contributed by atoms with Crippen molar-refractivity contribution in [3.05, 3.63) is 22.4 Å². The molecule has 98 valence electrons. The number of carbonyl (C=O) groups is 1. The van der Waals surface area contributed by atoms with Gasteiger partial charge in [-0.2, -0.15) is 11.3 Å². The van der Waals surface area contributed by atoms with Gasteiger partial charge in [-0.3, -0.25) is 4.79 Å². The number of rotatable bonds is 3. The monoisotopic (exact) mass is 264 g/mol. The van der Waals surface area contributed by atoms with Crippen LogP contribution in [0.15, 0.2) is 16.8 Å². The van der Waals surface area contributed by atoms with Gasteiger partial charge in [-0.05, 0) is 48.1 Å². The summed E-state index contributed by atoms with van der Waals surface area (Å²) >= 11 is 1.67. The molecule has 1 aromatic rings. The molecule has 0 bridgehead atoms. The molecule has 1 atom stereocenters. The van der Waals surface area contributed by atoms with Crippen LogP contribution in [0.25, 0.3) is 0 Å². The first-order valence-electron chi connectivity index (χ1n) is 6.95. The van der Waals surface area contributed by atoms with Crippen LogP contribution in [0.1, 0.15) is 44.1 Å². The second kappa shape index (κ2) is 5.14. The third-order valence-corrected chi connectivity index (χ3v) is 5.15. The van der Waals surface area contributed by atoms with E-state index in [1.165, 1.54) is 18.4 Å². The van der Waals surface area contributed by atoms with E-state index < -0.39 is 0 Å². The Morgan fingerprint density at radius 2 is 2.28 bits per heavy atom. The highest BCUT2D eigenvalue weighted by atomic mass is 32.1. The lowest BCUT2D eigenvalue weighted by atomic mass is 9.81. The lowest BCUT2D eigenvalue weighted by Gasteiger charge is -2.37. The molecule has 2 nitrogen and oxygen atoms in total. The molecule has 18 heavy (non-hydrogen) atoms. The first-order valence-corrected chi connectivity index (χ1v) is 7.89. The highest BCUT2D eigenvalue weighted by molar-refractivity contribution is 7.07. The average Bonchev–Trinajstić information content (AvgIpc) is 3.02. The lowest BCUT2D eigenvalue weighted by molar-refractivity contribution is -0.135. The van der Waals surface area contributed by atoms with Gasteiger partial charge in [0.05, 0.1) is 5.60 Å². The summed E-state index contributed by atoms with van der Waals surface area (Å²) < 4.78 is 5.99. The van der Waals surface area contributed by atoms with Gasteiger partial charge in [0.25, 0.3) is 0 Å². The maximum atomic E-state index is 12.4. The number of hydrogen-bond donors (Lipinski definition) is 0. The van der Waals surface area contributed by atoms with E-state index in [1.54, 1.807) is 11.3 Å². The smallest absolute Gasteiger partial charge is 0.140 e. The molecule has 1 saturated carbocycles. The third-order valence-electron chi connectivity index (χ3n) is 4.42. The van der Waals surface area contributed by atoms with Gasteiger partial charge in [0.15, 0.2) is 0 Å². The summed E-state index contributed by atoms with van der Waals surface area (Å²) in [5.74, 6) is 0.653. The Kier molecular flexibility index (Phi) is 3.53. The molecule has 2 heterocycles. The lowest BCUT2D eigenvalue weighted by Crippen LogP contribution is -2.40. The molecular weight excluding hydrogens is 244 g/mol. The van der Waals surface area contributed by atoms with Gasteiger partial charge in [-0.15, -0.1) is 0 Å². The summed E-state index contributed by atoms with van der Waals surface area (Å²) in [5.41, 5.74) is 1.24. The zero-order chi connectivity index (χ0) is 12.4. The molecule has 2 aliphatic rings. The van der Waals surface area contributed by atoms with Crippen molar-refractivity contribution in [2.24, 2.45) is 5.92 Å². The van der Waals surface area contributed by atoms with Crippen molar-refractivity contribution in [1.29, 1.82) is 0 Å². The molecule has 0 aromatic carbocycles. The standard InChI is InChI=1S/C15H20O2S/c16-14(9-12-4-8-18-11-12)13-3-7-17-15(10-13)5-1-2-6-15/h4,8,11,13H,1-3,5-7,9-10H2. The normalized spacial score (nSPS) is 26.6. The van der Waals surface area contributed by atoms with Crippen molar-refractivity contribution < 1.29 is 9.53 Å². The van der Waals surface area contributed by atoms with E-state index in [-0.39, 0.29) is 11.5 Å². The third kappa shape index (κ3) is 2.52. The fourth-order valence-electron chi connectivity index (χ4n) is 3.41. The number of hydrogen-bond acceptors (Lipinski definition) is 3. The SMILES string of the molecule is O=C(Cc1ccsc1)C1CCOC2(CCCC2)C1. The fraction of sp³-hybridized carbons (Fsp3) is 0.667. The van der Waals surface area contributed by atoms with Crippen molar-refractivity contribution in [1.82, 2.24) is 0 Å². The van der Waals surface area contributed by atoms with E-state index in [2.05, 4.69) is 11.4 Å². The van der Waals surface area contributed by atoms with Gasteiger partial charge >= 0.3 is 0 Å². The zero-order valence-electron chi connectivity index (χ0n) is 10.7.